The molecule has 0 spiro atoms. The number of hydrogen-bond acceptors (Lipinski definition) is 2. The molecule has 1 aromatic carbocycles. The van der Waals surface area contributed by atoms with Gasteiger partial charge in [0.15, 0.2) is 5.84 Å². The number of nitrogens with two attached hydrogens (primary N) is 2. The summed E-state index contributed by atoms with van der Waals surface area (Å²) in [7, 11) is 0. The number of rotatable bonds is 2. The summed E-state index contributed by atoms with van der Waals surface area (Å²) in [5.74, 6) is -0.218. The molecule has 5 heteroatoms. The van der Waals surface area contributed by atoms with Gasteiger partial charge in [-0.05, 0) is 24.6 Å². The van der Waals surface area contributed by atoms with Gasteiger partial charge >= 0.3 is 0 Å². The Morgan fingerprint density at radius 1 is 1.50 bits per heavy atom. The van der Waals surface area contributed by atoms with Gasteiger partial charge in [-0.3, -0.25) is 0 Å². The van der Waals surface area contributed by atoms with Crippen molar-refractivity contribution in [2.45, 2.75) is 6.92 Å². The highest BCUT2D eigenvalue weighted by Gasteiger charge is 2.03. The van der Waals surface area contributed by atoms with Crippen LogP contribution in [0.2, 0.25) is 0 Å². The molecule has 0 unspecified atom stereocenters. The minimum absolute atomic E-state index is 0.142. The minimum atomic E-state index is -0.361. The summed E-state index contributed by atoms with van der Waals surface area (Å²) >= 11 is 0. The second kappa shape index (κ2) is 4.36. The first-order chi connectivity index (χ1) is 6.65. The SMILES string of the molecule is Cc1ccc(F)cc1/C(N)=N/N=C\N. The molecule has 0 fully saturated rings. The third kappa shape index (κ3) is 2.29. The molecule has 0 amide bonds. The zero-order chi connectivity index (χ0) is 10.6. The Balaban J connectivity index is 3.11. The molecule has 0 aliphatic heterocycles. The predicted molar refractivity (Wildman–Crippen MR) is 54.5 cm³/mol. The number of hydrogen-bond donors (Lipinski definition) is 2. The first-order valence-corrected chi connectivity index (χ1v) is 3.98. The lowest BCUT2D eigenvalue weighted by molar-refractivity contribution is 0.627. The van der Waals surface area contributed by atoms with E-state index in [2.05, 4.69) is 10.2 Å². The average Bonchev–Trinajstić information content (AvgIpc) is 2.18. The largest absolute Gasteiger partial charge is 0.388 e. The van der Waals surface area contributed by atoms with Gasteiger partial charge in [-0.25, -0.2) is 4.39 Å². The van der Waals surface area contributed by atoms with E-state index in [9.17, 15) is 4.39 Å². The number of amidine groups is 1. The smallest absolute Gasteiger partial charge is 0.153 e. The predicted octanol–water partition coefficient (Wildman–Crippen LogP) is 0.741. The van der Waals surface area contributed by atoms with Crippen molar-refractivity contribution in [2.24, 2.45) is 21.7 Å². The standard InChI is InChI=1S/C9H11FN4/c1-6-2-3-7(10)4-8(6)9(12)14-13-5-11/h2-5H,1H3,(H2,11,13)(H2,12,14). The Hall–Kier alpha value is -1.91. The van der Waals surface area contributed by atoms with Gasteiger partial charge in [0.05, 0.1) is 0 Å². The summed E-state index contributed by atoms with van der Waals surface area (Å²) in [6.07, 6.45) is 1.02. The van der Waals surface area contributed by atoms with Crippen LogP contribution in [0.5, 0.6) is 0 Å². The fourth-order valence-electron chi connectivity index (χ4n) is 1.02. The number of halogens is 1. The Labute approximate surface area is 81.1 Å². The molecule has 4 nitrogen and oxygen atoms in total. The maximum atomic E-state index is 12.9. The molecule has 0 aliphatic rings. The minimum Gasteiger partial charge on any atom is -0.388 e. The van der Waals surface area contributed by atoms with Crippen LogP contribution in [0.15, 0.2) is 28.4 Å². The lowest BCUT2D eigenvalue weighted by Crippen LogP contribution is -2.14. The molecule has 14 heavy (non-hydrogen) atoms. The summed E-state index contributed by atoms with van der Waals surface area (Å²) in [5.41, 5.74) is 11.9. The average molecular weight is 194 g/mol. The highest BCUT2D eigenvalue weighted by molar-refractivity contribution is 5.98. The summed E-state index contributed by atoms with van der Waals surface area (Å²) in [6, 6.07) is 4.29. The molecule has 0 radical (unpaired) electrons. The Morgan fingerprint density at radius 3 is 2.86 bits per heavy atom. The van der Waals surface area contributed by atoms with E-state index in [1.54, 1.807) is 6.07 Å². The van der Waals surface area contributed by atoms with E-state index in [1.165, 1.54) is 12.1 Å². The van der Waals surface area contributed by atoms with Crippen molar-refractivity contribution in [3.05, 3.63) is 35.1 Å². The lowest BCUT2D eigenvalue weighted by atomic mass is 10.1. The van der Waals surface area contributed by atoms with Crippen LogP contribution in [0.1, 0.15) is 11.1 Å². The zero-order valence-electron chi connectivity index (χ0n) is 7.74. The molecule has 0 saturated heterocycles. The highest BCUT2D eigenvalue weighted by atomic mass is 19.1. The molecule has 0 bridgehead atoms. The Bertz CT molecular complexity index is 384. The molecule has 0 heterocycles. The summed E-state index contributed by atoms with van der Waals surface area (Å²) in [4.78, 5) is 0. The summed E-state index contributed by atoms with van der Waals surface area (Å²) in [6.45, 7) is 1.81. The molecule has 0 atom stereocenters. The molecular formula is C9H11FN4. The van der Waals surface area contributed by atoms with Gasteiger partial charge in [-0.15, -0.1) is 10.2 Å². The van der Waals surface area contributed by atoms with Gasteiger partial charge in [0.2, 0.25) is 0 Å². The molecule has 0 saturated carbocycles. The van der Waals surface area contributed by atoms with Gasteiger partial charge in [-0.1, -0.05) is 6.07 Å². The van der Waals surface area contributed by atoms with Crippen LogP contribution in [0, 0.1) is 12.7 Å². The molecule has 74 valence electrons. The summed E-state index contributed by atoms with van der Waals surface area (Å²) < 4.78 is 12.9. The third-order valence-corrected chi connectivity index (χ3v) is 1.71. The van der Waals surface area contributed by atoms with Crippen molar-refractivity contribution in [3.63, 3.8) is 0 Å². The molecule has 0 aliphatic carbocycles. The Morgan fingerprint density at radius 2 is 2.21 bits per heavy atom. The zero-order valence-corrected chi connectivity index (χ0v) is 7.74. The van der Waals surface area contributed by atoms with Gasteiger partial charge < -0.3 is 11.5 Å². The molecule has 0 aromatic heterocycles. The number of aryl methyl sites for hydroxylation is 1. The first kappa shape index (κ1) is 10.2. The van der Waals surface area contributed by atoms with E-state index >= 15 is 0 Å². The van der Waals surface area contributed by atoms with Crippen LogP contribution in [0.4, 0.5) is 4.39 Å². The lowest BCUT2D eigenvalue weighted by Gasteiger charge is -2.03. The maximum absolute atomic E-state index is 12.9. The second-order valence-electron chi connectivity index (χ2n) is 2.71. The van der Waals surface area contributed by atoms with Gasteiger partial charge in [0.1, 0.15) is 12.2 Å². The van der Waals surface area contributed by atoms with Crippen LogP contribution < -0.4 is 11.5 Å². The molecule has 1 aromatic rings. The van der Waals surface area contributed by atoms with E-state index in [0.717, 1.165) is 11.9 Å². The van der Waals surface area contributed by atoms with E-state index in [0.29, 0.717) is 5.56 Å². The van der Waals surface area contributed by atoms with E-state index in [4.69, 9.17) is 11.5 Å². The van der Waals surface area contributed by atoms with E-state index in [-0.39, 0.29) is 11.7 Å². The van der Waals surface area contributed by atoms with Crippen molar-refractivity contribution in [2.75, 3.05) is 0 Å². The fourth-order valence-corrected chi connectivity index (χ4v) is 1.02. The second-order valence-corrected chi connectivity index (χ2v) is 2.71. The normalized spacial score (nSPS) is 12.3. The van der Waals surface area contributed by atoms with Crippen molar-refractivity contribution >= 4 is 12.2 Å². The molecule has 1 rings (SSSR count). The maximum Gasteiger partial charge on any atom is 0.153 e. The van der Waals surface area contributed by atoms with E-state index in [1.807, 2.05) is 6.92 Å². The monoisotopic (exact) mass is 194 g/mol. The number of nitrogens with zero attached hydrogens (tertiary/aromatic N) is 2. The fraction of sp³-hybridized carbons (Fsp3) is 0.111. The van der Waals surface area contributed by atoms with Crippen LogP contribution in [-0.4, -0.2) is 12.2 Å². The Kier molecular flexibility index (Phi) is 3.17. The van der Waals surface area contributed by atoms with Crippen molar-refractivity contribution in [1.82, 2.24) is 0 Å². The van der Waals surface area contributed by atoms with E-state index < -0.39 is 0 Å². The van der Waals surface area contributed by atoms with Crippen molar-refractivity contribution in [1.29, 1.82) is 0 Å². The summed E-state index contributed by atoms with van der Waals surface area (Å²) in [5, 5.41) is 7.00. The highest BCUT2D eigenvalue weighted by Crippen LogP contribution is 2.09. The van der Waals surface area contributed by atoms with Gasteiger partial charge in [0, 0.05) is 5.56 Å². The molecular weight excluding hydrogens is 183 g/mol. The van der Waals surface area contributed by atoms with Crippen molar-refractivity contribution < 1.29 is 4.39 Å². The quantitative estimate of drug-likeness (QED) is 0.414. The van der Waals surface area contributed by atoms with Crippen LogP contribution in [0.25, 0.3) is 0 Å². The van der Waals surface area contributed by atoms with Gasteiger partial charge in [0.25, 0.3) is 0 Å². The van der Waals surface area contributed by atoms with Crippen LogP contribution in [0.3, 0.4) is 0 Å². The van der Waals surface area contributed by atoms with Gasteiger partial charge in [-0.2, -0.15) is 0 Å². The van der Waals surface area contributed by atoms with Crippen molar-refractivity contribution in [3.8, 4) is 0 Å². The van der Waals surface area contributed by atoms with Crippen LogP contribution >= 0.6 is 0 Å². The molecule has 4 N–H and O–H groups in total. The first-order valence-electron chi connectivity index (χ1n) is 3.98. The number of benzene rings is 1. The van der Waals surface area contributed by atoms with Crippen LogP contribution in [-0.2, 0) is 0 Å². The topological polar surface area (TPSA) is 76.8 Å². The third-order valence-electron chi connectivity index (χ3n) is 1.71.